The fraction of sp³-hybridized carbons (Fsp3) is 0.118. The highest BCUT2D eigenvalue weighted by molar-refractivity contribution is 5.94. The summed E-state index contributed by atoms with van der Waals surface area (Å²) in [4.78, 5) is 27.8. The van der Waals surface area contributed by atoms with Crippen molar-refractivity contribution in [3.63, 3.8) is 0 Å². The van der Waals surface area contributed by atoms with E-state index >= 15 is 0 Å². The third kappa shape index (κ3) is 4.00. The third-order valence-electron chi connectivity index (χ3n) is 3.44. The summed E-state index contributed by atoms with van der Waals surface area (Å²) in [6.07, 6.45) is 1.99. The van der Waals surface area contributed by atoms with E-state index in [1.807, 2.05) is 5.32 Å². The summed E-state index contributed by atoms with van der Waals surface area (Å²) in [6.45, 7) is 0. The maximum Gasteiger partial charge on any atom is 0.414 e. The van der Waals surface area contributed by atoms with E-state index in [4.69, 9.17) is 0 Å². The fourth-order valence-corrected chi connectivity index (χ4v) is 2.18. The van der Waals surface area contributed by atoms with Gasteiger partial charge in [0.05, 0.1) is 11.3 Å². The summed E-state index contributed by atoms with van der Waals surface area (Å²) in [5.41, 5.74) is 0.282. The van der Waals surface area contributed by atoms with Crippen LogP contribution in [0.5, 0.6) is 0 Å². The van der Waals surface area contributed by atoms with Crippen LogP contribution in [0.4, 0.5) is 13.2 Å². The number of pyridine rings is 2. The summed E-state index contributed by atoms with van der Waals surface area (Å²) >= 11 is 0. The number of hydrogen-bond acceptors (Lipinski definition) is 5. The lowest BCUT2D eigenvalue weighted by atomic mass is 10.1. The van der Waals surface area contributed by atoms with Crippen molar-refractivity contribution in [3.8, 4) is 11.4 Å². The van der Waals surface area contributed by atoms with Crippen LogP contribution in [0, 0.1) is 0 Å². The molecule has 1 amide bonds. The Labute approximate surface area is 146 Å². The van der Waals surface area contributed by atoms with Gasteiger partial charge in [-0.15, -0.1) is 0 Å². The van der Waals surface area contributed by atoms with Crippen LogP contribution in [0.1, 0.15) is 22.1 Å². The van der Waals surface area contributed by atoms with Gasteiger partial charge in [0.15, 0.2) is 11.9 Å². The monoisotopic (exact) mass is 359 g/mol. The zero-order valence-electron chi connectivity index (χ0n) is 13.2. The molecule has 0 saturated carbocycles. The maximum atomic E-state index is 13.3. The lowest BCUT2D eigenvalue weighted by Crippen LogP contribution is -2.38. The van der Waals surface area contributed by atoms with Gasteiger partial charge >= 0.3 is 6.18 Å². The first-order valence-corrected chi connectivity index (χ1v) is 7.46. The van der Waals surface area contributed by atoms with Crippen molar-refractivity contribution in [3.05, 3.63) is 72.6 Å². The number of aromatic nitrogens is 4. The van der Waals surface area contributed by atoms with Gasteiger partial charge in [-0.2, -0.15) is 13.2 Å². The van der Waals surface area contributed by atoms with Gasteiger partial charge < -0.3 is 5.32 Å². The van der Waals surface area contributed by atoms with Gasteiger partial charge in [-0.05, 0) is 24.3 Å². The second kappa shape index (κ2) is 7.26. The largest absolute Gasteiger partial charge is 0.414 e. The number of hydrogen-bond donors (Lipinski definition) is 1. The Balaban J connectivity index is 1.80. The predicted octanol–water partition coefficient (Wildman–Crippen LogP) is 2.97. The van der Waals surface area contributed by atoms with Crippen molar-refractivity contribution in [2.45, 2.75) is 12.2 Å². The highest BCUT2D eigenvalue weighted by atomic mass is 19.4. The van der Waals surface area contributed by atoms with Crippen LogP contribution in [0.25, 0.3) is 11.4 Å². The van der Waals surface area contributed by atoms with Crippen molar-refractivity contribution in [2.24, 2.45) is 0 Å². The van der Waals surface area contributed by atoms with Crippen molar-refractivity contribution >= 4 is 5.91 Å². The number of rotatable bonds is 4. The Bertz CT molecular complexity index is 870. The standard InChI is InChI=1S/C17H12F3N5O/c18-17(19,20)14(13-3-1-2-6-22-13)25-16(26)12-9-23-15(24-10-12)11-4-7-21-8-5-11/h1-10,14H,(H,25,26). The van der Waals surface area contributed by atoms with Crippen LogP contribution in [-0.4, -0.2) is 32.0 Å². The molecule has 3 heterocycles. The van der Waals surface area contributed by atoms with Crippen molar-refractivity contribution in [1.29, 1.82) is 0 Å². The van der Waals surface area contributed by atoms with E-state index in [0.717, 1.165) is 0 Å². The van der Waals surface area contributed by atoms with Crippen LogP contribution in [0.2, 0.25) is 0 Å². The molecule has 9 heteroatoms. The van der Waals surface area contributed by atoms with Crippen LogP contribution in [0.15, 0.2) is 61.3 Å². The number of nitrogens with zero attached hydrogens (tertiary/aromatic N) is 4. The minimum Gasteiger partial charge on any atom is -0.335 e. The Morgan fingerprint density at radius 1 is 0.962 bits per heavy atom. The van der Waals surface area contributed by atoms with Crippen LogP contribution in [0.3, 0.4) is 0 Å². The summed E-state index contributed by atoms with van der Waals surface area (Å²) in [7, 11) is 0. The van der Waals surface area contributed by atoms with Crippen LogP contribution in [-0.2, 0) is 0 Å². The van der Waals surface area contributed by atoms with E-state index in [-0.39, 0.29) is 11.3 Å². The molecule has 3 rings (SSSR count). The number of carbonyl (C=O) groups is 1. The molecule has 1 N–H and O–H groups in total. The lowest BCUT2D eigenvalue weighted by molar-refractivity contribution is -0.156. The number of nitrogens with one attached hydrogen (secondary N) is 1. The molecular formula is C17H12F3N5O. The van der Waals surface area contributed by atoms with E-state index in [1.54, 1.807) is 24.5 Å². The van der Waals surface area contributed by atoms with Crippen LogP contribution < -0.4 is 5.32 Å². The topological polar surface area (TPSA) is 80.7 Å². The molecule has 1 unspecified atom stereocenters. The first-order valence-electron chi connectivity index (χ1n) is 7.46. The first-order chi connectivity index (χ1) is 12.4. The second-order valence-corrected chi connectivity index (χ2v) is 5.23. The summed E-state index contributed by atoms with van der Waals surface area (Å²) in [6, 6.07) is 5.23. The van der Waals surface area contributed by atoms with Crippen molar-refractivity contribution < 1.29 is 18.0 Å². The van der Waals surface area contributed by atoms with Gasteiger partial charge in [-0.3, -0.25) is 14.8 Å². The molecule has 132 valence electrons. The lowest BCUT2D eigenvalue weighted by Gasteiger charge is -2.21. The average molecular weight is 359 g/mol. The van der Waals surface area contributed by atoms with Gasteiger partial charge in [0, 0.05) is 36.5 Å². The molecule has 0 aliphatic carbocycles. The SMILES string of the molecule is O=C(NC(c1ccccn1)C(F)(F)F)c1cnc(-c2ccncc2)nc1. The number of amides is 1. The number of halogens is 3. The van der Waals surface area contributed by atoms with E-state index in [0.29, 0.717) is 11.4 Å². The number of alkyl halides is 3. The Hall–Kier alpha value is -3.36. The molecular weight excluding hydrogens is 347 g/mol. The van der Waals surface area contributed by atoms with E-state index in [9.17, 15) is 18.0 Å². The summed E-state index contributed by atoms with van der Waals surface area (Å²) in [5, 5.41) is 1.93. The molecule has 0 saturated heterocycles. The molecule has 0 spiro atoms. The zero-order valence-corrected chi connectivity index (χ0v) is 13.2. The zero-order chi connectivity index (χ0) is 18.6. The van der Waals surface area contributed by atoms with Gasteiger partial charge in [-0.1, -0.05) is 6.07 Å². The van der Waals surface area contributed by atoms with E-state index in [2.05, 4.69) is 19.9 Å². The van der Waals surface area contributed by atoms with Gasteiger partial charge in [0.1, 0.15) is 0 Å². The minimum atomic E-state index is -4.69. The molecule has 26 heavy (non-hydrogen) atoms. The normalized spacial score (nSPS) is 12.4. The second-order valence-electron chi connectivity index (χ2n) is 5.23. The molecule has 0 aliphatic heterocycles. The van der Waals surface area contributed by atoms with Crippen molar-refractivity contribution in [1.82, 2.24) is 25.3 Å². The Kier molecular flexibility index (Phi) is 4.87. The van der Waals surface area contributed by atoms with Gasteiger partial charge in [0.25, 0.3) is 5.91 Å². The molecule has 0 aromatic carbocycles. The minimum absolute atomic E-state index is 0.0898. The first kappa shape index (κ1) is 17.5. The molecule has 0 bridgehead atoms. The molecule has 0 aliphatic rings. The Morgan fingerprint density at radius 3 is 2.23 bits per heavy atom. The molecule has 0 fully saturated rings. The van der Waals surface area contributed by atoms with E-state index < -0.39 is 18.1 Å². The van der Waals surface area contributed by atoms with Crippen molar-refractivity contribution in [2.75, 3.05) is 0 Å². The predicted molar refractivity (Wildman–Crippen MR) is 85.8 cm³/mol. The fourth-order valence-electron chi connectivity index (χ4n) is 2.18. The molecule has 6 nitrogen and oxygen atoms in total. The summed E-state index contributed by atoms with van der Waals surface area (Å²) < 4.78 is 39.8. The quantitative estimate of drug-likeness (QED) is 0.775. The van der Waals surface area contributed by atoms with Crippen LogP contribution >= 0.6 is 0 Å². The van der Waals surface area contributed by atoms with Gasteiger partial charge in [0.2, 0.25) is 0 Å². The van der Waals surface area contributed by atoms with E-state index in [1.165, 1.54) is 36.8 Å². The maximum absolute atomic E-state index is 13.3. The highest BCUT2D eigenvalue weighted by Crippen LogP contribution is 2.31. The molecule has 3 aromatic rings. The molecule has 3 aromatic heterocycles. The third-order valence-corrected chi connectivity index (χ3v) is 3.44. The highest BCUT2D eigenvalue weighted by Gasteiger charge is 2.43. The Morgan fingerprint density at radius 2 is 1.65 bits per heavy atom. The smallest absolute Gasteiger partial charge is 0.335 e. The average Bonchev–Trinajstić information content (AvgIpc) is 2.66. The molecule has 1 atom stereocenters. The number of carbonyl (C=O) groups excluding carboxylic acids is 1. The molecule has 0 radical (unpaired) electrons. The summed E-state index contributed by atoms with van der Waals surface area (Å²) in [5.74, 6) is -0.611. The van der Waals surface area contributed by atoms with Gasteiger partial charge in [-0.25, -0.2) is 9.97 Å².